The molecule has 0 aliphatic carbocycles. The van der Waals surface area contributed by atoms with Gasteiger partial charge in [0.2, 0.25) is 5.95 Å². The molecule has 4 heterocycles. The van der Waals surface area contributed by atoms with E-state index in [1.165, 1.54) is 10.6 Å². The summed E-state index contributed by atoms with van der Waals surface area (Å²) in [4.78, 5) is 30.7. The van der Waals surface area contributed by atoms with Crippen LogP contribution in [0, 0.1) is 0 Å². The van der Waals surface area contributed by atoms with Gasteiger partial charge in [-0.2, -0.15) is 4.98 Å². The zero-order chi connectivity index (χ0) is 27.1. The van der Waals surface area contributed by atoms with E-state index in [9.17, 15) is 6.17 Å². The van der Waals surface area contributed by atoms with Crippen LogP contribution in [-0.4, -0.2) is 79.7 Å². The molecule has 0 radical (unpaired) electrons. The quantitative estimate of drug-likeness (QED) is 0.529. The van der Waals surface area contributed by atoms with E-state index in [0.717, 1.165) is 48.7 Å². The molecule has 10 nitrogen and oxygen atoms in total. The number of likely N-dealkylation sites (N-methyl/N-ethyl adjacent to an activating group) is 1. The van der Waals surface area contributed by atoms with Gasteiger partial charge in [-0.3, -0.25) is 4.90 Å². The molecule has 198 valence electrons. The summed E-state index contributed by atoms with van der Waals surface area (Å²) < 4.78 is 15.0. The number of amides is 2. The van der Waals surface area contributed by atoms with Crippen molar-refractivity contribution in [3.8, 4) is 5.75 Å². The van der Waals surface area contributed by atoms with Crippen LogP contribution in [0.25, 0.3) is 0 Å². The van der Waals surface area contributed by atoms with Crippen LogP contribution in [0.3, 0.4) is 0 Å². The van der Waals surface area contributed by atoms with Crippen LogP contribution in [-0.2, 0) is 6.54 Å². The van der Waals surface area contributed by atoms with Crippen molar-refractivity contribution in [3.05, 3.63) is 59.8 Å². The van der Waals surface area contributed by atoms with E-state index in [-0.39, 0.29) is 12.6 Å². The number of carbonyl (C=O) groups excluding carboxylic acids is 1. The lowest BCUT2D eigenvalue weighted by molar-refractivity contribution is 0.169. The number of carbonyl (C=O) groups is 1. The predicted octanol–water partition coefficient (Wildman–Crippen LogP) is 3.91. The normalized spacial score (nSPS) is 21.8. The number of nitrogens with zero attached hydrogens (tertiary/aromatic N) is 6. The minimum Gasteiger partial charge on any atom is -0.495 e. The number of nitrogens with one attached hydrogen (secondary N) is 2. The molecule has 1 unspecified atom stereocenters. The summed E-state index contributed by atoms with van der Waals surface area (Å²) in [6.07, 6.45) is 2.20. The lowest BCUT2D eigenvalue weighted by Crippen LogP contribution is -2.48. The second kappa shape index (κ2) is 10.0. The minimum atomic E-state index is -1.25. The Labute approximate surface area is 224 Å². The molecule has 3 aliphatic rings. The molecular weight excluding hydrogens is 480 g/mol. The number of piperazine rings is 1. The molecule has 3 aromatic rings. The number of urea groups is 1. The average Bonchev–Trinajstić information content (AvgIpc) is 2.96. The molecule has 2 aromatic carbocycles. The van der Waals surface area contributed by atoms with Gasteiger partial charge in [-0.15, -0.1) is 0 Å². The number of hydrogen-bond acceptors (Lipinski definition) is 8. The molecule has 1 atom stereocenters. The molecule has 0 saturated carbocycles. The zero-order valence-electron chi connectivity index (χ0n) is 23.1. The van der Waals surface area contributed by atoms with Crippen LogP contribution < -0.4 is 25.2 Å². The Bertz CT molecular complexity index is 1380. The van der Waals surface area contributed by atoms with E-state index in [2.05, 4.69) is 49.6 Å². The monoisotopic (exact) mass is 515 g/mol. The molecule has 1 fully saturated rings. The number of fused-ring (bicyclic) bond motifs is 2. The Morgan fingerprint density at radius 1 is 1.11 bits per heavy atom. The van der Waals surface area contributed by atoms with Crippen LogP contribution in [0.2, 0.25) is 0 Å². The highest BCUT2D eigenvalue weighted by Crippen LogP contribution is 2.42. The summed E-state index contributed by atoms with van der Waals surface area (Å²) in [5.41, 5.74) is 4.36. The molecule has 2 amide bonds. The highest BCUT2D eigenvalue weighted by Gasteiger charge is 2.37. The Morgan fingerprint density at radius 2 is 1.89 bits per heavy atom. The number of para-hydroxylation sites is 1. The maximum absolute atomic E-state index is 13.6. The minimum absolute atomic E-state index is 0.249. The number of aromatic nitrogens is 2. The van der Waals surface area contributed by atoms with E-state index in [1.807, 2.05) is 30.3 Å². The van der Waals surface area contributed by atoms with Gasteiger partial charge >= 0.3 is 6.03 Å². The molecule has 6 rings (SSSR count). The van der Waals surface area contributed by atoms with E-state index < -0.39 is 6.02 Å². The first kappa shape index (κ1) is 23.1. The van der Waals surface area contributed by atoms with Gasteiger partial charge in [0.05, 0.1) is 26.7 Å². The number of methoxy groups -OCH3 is 1. The molecular formula is C28H34N8O2. The van der Waals surface area contributed by atoms with Gasteiger partial charge in [-0.25, -0.2) is 9.78 Å². The zero-order valence-corrected chi connectivity index (χ0v) is 22.1. The molecule has 0 bridgehead atoms. The maximum atomic E-state index is 13.6. The van der Waals surface area contributed by atoms with Crippen LogP contribution >= 0.6 is 0 Å². The third-order valence-corrected chi connectivity index (χ3v) is 7.54. The molecule has 10 heteroatoms. The first-order valence-corrected chi connectivity index (χ1v) is 13.0. The standard InChI is InChI=1S/C28H34N8O2/c1-33-13-15-35(16-14-33)21-9-7-20(8-10-21)31-27-30-17-19-18-36(28(37)34(2)26(19)32-27)23-11-12-29-25-22(23)5-4-6-24(25)38-3/h4-10,17,23,29H,11-16,18H2,1-3H3,(H,30,31,32)/i23D. The second-order valence-electron chi connectivity index (χ2n) is 9.94. The fraction of sp³-hybridized carbons (Fsp3) is 0.393. The molecule has 3 aliphatic heterocycles. The fourth-order valence-corrected chi connectivity index (χ4v) is 5.37. The molecule has 0 spiro atoms. The van der Waals surface area contributed by atoms with Crippen molar-refractivity contribution in [2.24, 2.45) is 0 Å². The third kappa shape index (κ3) is 4.45. The van der Waals surface area contributed by atoms with E-state index in [0.29, 0.717) is 30.5 Å². The van der Waals surface area contributed by atoms with E-state index in [4.69, 9.17) is 4.74 Å². The summed E-state index contributed by atoms with van der Waals surface area (Å²) in [6, 6.07) is 12.4. The lowest BCUT2D eigenvalue weighted by atomic mass is 9.95. The predicted molar refractivity (Wildman–Crippen MR) is 150 cm³/mol. The Morgan fingerprint density at radius 3 is 2.66 bits per heavy atom. The molecule has 2 N–H and O–H groups in total. The molecule has 1 saturated heterocycles. The van der Waals surface area contributed by atoms with Gasteiger partial charge < -0.3 is 30.1 Å². The summed E-state index contributed by atoms with van der Waals surface area (Å²) in [5, 5.41) is 6.62. The Kier molecular flexibility index (Phi) is 6.09. The van der Waals surface area contributed by atoms with Crippen LogP contribution in [0.15, 0.2) is 48.7 Å². The number of hydrogen-bond donors (Lipinski definition) is 2. The van der Waals surface area contributed by atoms with Crippen molar-refractivity contribution in [2.75, 3.05) is 74.4 Å². The van der Waals surface area contributed by atoms with Gasteiger partial charge in [0.1, 0.15) is 11.6 Å². The summed E-state index contributed by atoms with van der Waals surface area (Å²) in [7, 11) is 5.46. The summed E-state index contributed by atoms with van der Waals surface area (Å²) >= 11 is 0. The van der Waals surface area contributed by atoms with Crippen LogP contribution in [0.5, 0.6) is 5.75 Å². The van der Waals surface area contributed by atoms with Crippen molar-refractivity contribution in [1.29, 1.82) is 0 Å². The van der Waals surface area contributed by atoms with Gasteiger partial charge in [-0.05, 0) is 43.8 Å². The van der Waals surface area contributed by atoms with E-state index >= 15 is 0 Å². The van der Waals surface area contributed by atoms with Crippen LogP contribution in [0.4, 0.5) is 33.6 Å². The summed E-state index contributed by atoms with van der Waals surface area (Å²) in [6.45, 7) is 4.97. The van der Waals surface area contributed by atoms with Gasteiger partial charge in [0.25, 0.3) is 0 Å². The van der Waals surface area contributed by atoms with E-state index in [1.54, 1.807) is 25.3 Å². The first-order chi connectivity index (χ1) is 18.9. The largest absolute Gasteiger partial charge is 0.495 e. The third-order valence-electron chi connectivity index (χ3n) is 7.54. The van der Waals surface area contributed by atoms with Crippen molar-refractivity contribution in [3.63, 3.8) is 0 Å². The van der Waals surface area contributed by atoms with Gasteiger partial charge in [-0.1, -0.05) is 12.1 Å². The van der Waals surface area contributed by atoms with Crippen molar-refractivity contribution in [1.82, 2.24) is 19.8 Å². The van der Waals surface area contributed by atoms with Crippen molar-refractivity contribution in [2.45, 2.75) is 19.0 Å². The SMILES string of the molecule is [2H]C1(N2Cc3cnc(Nc4ccc(N5CCN(C)CC5)cc4)nc3N(C)C2=O)CCNc2c(OC)cccc21. The number of anilines is 5. The average molecular weight is 516 g/mol. The topological polar surface area (TPSA) is 89.1 Å². The number of rotatable bonds is 5. The molecule has 38 heavy (non-hydrogen) atoms. The Balaban J connectivity index is 1.22. The first-order valence-electron chi connectivity index (χ1n) is 13.5. The number of benzene rings is 2. The van der Waals surface area contributed by atoms with Gasteiger partial charge in [0, 0.05) is 68.5 Å². The highest BCUT2D eigenvalue weighted by atomic mass is 16.5. The smallest absolute Gasteiger partial charge is 0.326 e. The van der Waals surface area contributed by atoms with Crippen LogP contribution in [0.1, 0.15) is 24.9 Å². The summed E-state index contributed by atoms with van der Waals surface area (Å²) in [5.74, 6) is 1.63. The fourth-order valence-electron chi connectivity index (χ4n) is 5.37. The highest BCUT2D eigenvalue weighted by molar-refractivity contribution is 5.94. The van der Waals surface area contributed by atoms with Gasteiger partial charge in [0.15, 0.2) is 0 Å². The number of ether oxygens (including phenoxy) is 1. The second-order valence-corrected chi connectivity index (χ2v) is 9.94. The molecule has 1 aromatic heterocycles. The Hall–Kier alpha value is -4.05. The lowest BCUT2D eigenvalue weighted by Gasteiger charge is -2.41. The van der Waals surface area contributed by atoms with Crippen molar-refractivity contribution >= 4 is 34.9 Å². The maximum Gasteiger partial charge on any atom is 0.326 e. The van der Waals surface area contributed by atoms with Crippen molar-refractivity contribution < 1.29 is 10.9 Å².